The molecule has 0 saturated carbocycles. The number of amides is 1. The Kier molecular flexibility index (Phi) is 5.87. The van der Waals surface area contributed by atoms with E-state index in [1.807, 2.05) is 38.1 Å². The van der Waals surface area contributed by atoms with Crippen molar-refractivity contribution in [2.45, 2.75) is 20.0 Å². The molecule has 0 aliphatic rings. The van der Waals surface area contributed by atoms with Gasteiger partial charge in [-0.05, 0) is 50.2 Å². The molecule has 2 aromatic carbocycles. The summed E-state index contributed by atoms with van der Waals surface area (Å²) in [7, 11) is 0. The third kappa shape index (κ3) is 4.86. The monoisotopic (exact) mass is 372 g/mol. The van der Waals surface area contributed by atoms with Crippen LogP contribution in [-0.2, 0) is 0 Å². The SMILES string of the molecule is CC(C)Oc1ccccc1NC(=O)c1cncc(Nc2cccc(C#N)c2)c1. The molecule has 0 aliphatic carbocycles. The lowest BCUT2D eigenvalue weighted by Gasteiger charge is -2.15. The maximum Gasteiger partial charge on any atom is 0.257 e. The van der Waals surface area contributed by atoms with Gasteiger partial charge >= 0.3 is 0 Å². The molecule has 3 aromatic rings. The van der Waals surface area contributed by atoms with Crippen molar-refractivity contribution in [3.63, 3.8) is 0 Å². The van der Waals surface area contributed by atoms with E-state index in [1.54, 1.807) is 36.5 Å². The minimum Gasteiger partial charge on any atom is -0.489 e. The van der Waals surface area contributed by atoms with Crippen LogP contribution in [0.3, 0.4) is 0 Å². The molecule has 0 fully saturated rings. The number of nitrogens with zero attached hydrogens (tertiary/aromatic N) is 2. The summed E-state index contributed by atoms with van der Waals surface area (Å²) < 4.78 is 5.74. The van der Waals surface area contributed by atoms with Crippen molar-refractivity contribution in [1.82, 2.24) is 4.98 Å². The summed E-state index contributed by atoms with van der Waals surface area (Å²) in [6.45, 7) is 3.86. The molecule has 1 amide bonds. The summed E-state index contributed by atoms with van der Waals surface area (Å²) in [6, 6.07) is 18.2. The average molecular weight is 372 g/mol. The van der Waals surface area contributed by atoms with E-state index in [0.29, 0.717) is 28.3 Å². The first-order valence-electron chi connectivity index (χ1n) is 8.84. The molecule has 0 atom stereocenters. The van der Waals surface area contributed by atoms with Gasteiger partial charge in [0.1, 0.15) is 5.75 Å². The van der Waals surface area contributed by atoms with Gasteiger partial charge in [0, 0.05) is 11.9 Å². The fourth-order valence-corrected chi connectivity index (χ4v) is 2.59. The van der Waals surface area contributed by atoms with Crippen molar-refractivity contribution in [2.75, 3.05) is 10.6 Å². The largest absolute Gasteiger partial charge is 0.489 e. The smallest absolute Gasteiger partial charge is 0.257 e. The Morgan fingerprint density at radius 2 is 1.89 bits per heavy atom. The van der Waals surface area contributed by atoms with Gasteiger partial charge in [-0.2, -0.15) is 5.26 Å². The standard InChI is InChI=1S/C22H20N4O2/c1-15(2)28-21-9-4-3-8-20(21)26-22(27)17-11-19(14-24-13-17)25-18-7-5-6-16(10-18)12-23/h3-11,13-15,25H,1-2H3,(H,26,27). The van der Waals surface area contributed by atoms with Gasteiger partial charge in [0.2, 0.25) is 0 Å². The van der Waals surface area contributed by atoms with E-state index in [2.05, 4.69) is 21.7 Å². The van der Waals surface area contributed by atoms with Crippen LogP contribution in [0.2, 0.25) is 0 Å². The Morgan fingerprint density at radius 1 is 1.07 bits per heavy atom. The first-order chi connectivity index (χ1) is 13.5. The molecule has 1 heterocycles. The second-order valence-electron chi connectivity index (χ2n) is 6.40. The molecule has 3 rings (SSSR count). The molecule has 0 spiro atoms. The number of nitrogens with one attached hydrogen (secondary N) is 2. The van der Waals surface area contributed by atoms with Crippen molar-refractivity contribution in [2.24, 2.45) is 0 Å². The lowest BCUT2D eigenvalue weighted by Crippen LogP contribution is -2.15. The lowest BCUT2D eigenvalue weighted by molar-refractivity contribution is 0.102. The number of ether oxygens (including phenoxy) is 1. The molecule has 6 nitrogen and oxygen atoms in total. The van der Waals surface area contributed by atoms with Gasteiger partial charge in [0.05, 0.1) is 40.9 Å². The van der Waals surface area contributed by atoms with E-state index >= 15 is 0 Å². The Bertz CT molecular complexity index is 1020. The molecular weight excluding hydrogens is 352 g/mol. The first-order valence-corrected chi connectivity index (χ1v) is 8.84. The zero-order chi connectivity index (χ0) is 19.9. The van der Waals surface area contributed by atoms with E-state index in [0.717, 1.165) is 5.69 Å². The van der Waals surface area contributed by atoms with E-state index in [4.69, 9.17) is 10.00 Å². The van der Waals surface area contributed by atoms with Gasteiger partial charge in [-0.3, -0.25) is 9.78 Å². The number of pyridine rings is 1. The van der Waals surface area contributed by atoms with Crippen LogP contribution in [0.15, 0.2) is 67.0 Å². The Morgan fingerprint density at radius 3 is 2.68 bits per heavy atom. The lowest BCUT2D eigenvalue weighted by atomic mass is 10.2. The van der Waals surface area contributed by atoms with Crippen molar-refractivity contribution in [3.8, 4) is 11.8 Å². The molecule has 0 radical (unpaired) electrons. The number of para-hydroxylation sites is 2. The minimum absolute atomic E-state index is 0.00331. The molecule has 0 aliphatic heterocycles. The number of aromatic nitrogens is 1. The minimum atomic E-state index is -0.290. The molecule has 0 unspecified atom stereocenters. The van der Waals surface area contributed by atoms with E-state index in [9.17, 15) is 4.79 Å². The number of anilines is 3. The number of carbonyl (C=O) groups excluding carboxylic acids is 1. The predicted octanol–water partition coefficient (Wildman–Crippen LogP) is 4.74. The van der Waals surface area contributed by atoms with E-state index < -0.39 is 0 Å². The normalized spacial score (nSPS) is 10.2. The highest BCUT2D eigenvalue weighted by molar-refractivity contribution is 6.05. The predicted molar refractivity (Wildman–Crippen MR) is 109 cm³/mol. The van der Waals surface area contributed by atoms with Crippen LogP contribution in [0.5, 0.6) is 5.75 Å². The maximum atomic E-state index is 12.7. The van der Waals surface area contributed by atoms with Crippen LogP contribution in [0.4, 0.5) is 17.1 Å². The van der Waals surface area contributed by atoms with Gasteiger partial charge in [-0.15, -0.1) is 0 Å². The number of nitriles is 1. The van der Waals surface area contributed by atoms with Crippen LogP contribution >= 0.6 is 0 Å². The van der Waals surface area contributed by atoms with Crippen molar-refractivity contribution in [3.05, 3.63) is 78.1 Å². The topological polar surface area (TPSA) is 87.0 Å². The van der Waals surface area contributed by atoms with Crippen LogP contribution in [0.1, 0.15) is 29.8 Å². The van der Waals surface area contributed by atoms with Crippen molar-refractivity contribution < 1.29 is 9.53 Å². The van der Waals surface area contributed by atoms with E-state index in [1.165, 1.54) is 6.20 Å². The Labute approximate surface area is 163 Å². The number of hydrogen-bond donors (Lipinski definition) is 2. The summed E-state index contributed by atoms with van der Waals surface area (Å²) in [4.78, 5) is 16.8. The number of rotatable bonds is 6. The molecule has 6 heteroatoms. The molecule has 0 bridgehead atoms. The van der Waals surface area contributed by atoms with Gasteiger partial charge in [0.25, 0.3) is 5.91 Å². The van der Waals surface area contributed by atoms with Gasteiger partial charge < -0.3 is 15.4 Å². The summed E-state index contributed by atoms with van der Waals surface area (Å²) in [5.41, 5.74) is 2.94. The third-order valence-corrected chi connectivity index (χ3v) is 3.78. The summed E-state index contributed by atoms with van der Waals surface area (Å²) in [5.74, 6) is 0.322. The Hall–Kier alpha value is -3.85. The number of hydrogen-bond acceptors (Lipinski definition) is 5. The molecular formula is C22H20N4O2. The highest BCUT2D eigenvalue weighted by Gasteiger charge is 2.12. The Balaban J connectivity index is 1.77. The highest BCUT2D eigenvalue weighted by atomic mass is 16.5. The quantitative estimate of drug-likeness (QED) is 0.653. The van der Waals surface area contributed by atoms with E-state index in [-0.39, 0.29) is 12.0 Å². The zero-order valence-corrected chi connectivity index (χ0v) is 15.6. The summed E-state index contributed by atoms with van der Waals surface area (Å²) >= 11 is 0. The number of carbonyl (C=O) groups is 1. The fraction of sp³-hybridized carbons (Fsp3) is 0.136. The second-order valence-corrected chi connectivity index (χ2v) is 6.40. The van der Waals surface area contributed by atoms with Crippen molar-refractivity contribution in [1.29, 1.82) is 5.26 Å². The zero-order valence-electron chi connectivity index (χ0n) is 15.6. The molecule has 140 valence electrons. The second kappa shape index (κ2) is 8.69. The number of benzene rings is 2. The van der Waals surface area contributed by atoms with Crippen LogP contribution in [0.25, 0.3) is 0 Å². The average Bonchev–Trinajstić information content (AvgIpc) is 2.69. The van der Waals surface area contributed by atoms with Gasteiger partial charge in [-0.1, -0.05) is 18.2 Å². The highest BCUT2D eigenvalue weighted by Crippen LogP contribution is 2.26. The van der Waals surface area contributed by atoms with Gasteiger partial charge in [-0.25, -0.2) is 0 Å². The third-order valence-electron chi connectivity index (χ3n) is 3.78. The molecule has 28 heavy (non-hydrogen) atoms. The molecule has 0 saturated heterocycles. The summed E-state index contributed by atoms with van der Waals surface area (Å²) in [6.07, 6.45) is 3.11. The van der Waals surface area contributed by atoms with Crippen LogP contribution in [0, 0.1) is 11.3 Å². The van der Waals surface area contributed by atoms with Crippen molar-refractivity contribution >= 4 is 23.0 Å². The summed E-state index contributed by atoms with van der Waals surface area (Å²) in [5, 5.41) is 15.0. The van der Waals surface area contributed by atoms with Crippen LogP contribution < -0.4 is 15.4 Å². The van der Waals surface area contributed by atoms with Crippen LogP contribution in [-0.4, -0.2) is 17.0 Å². The fourth-order valence-electron chi connectivity index (χ4n) is 2.59. The first kappa shape index (κ1) is 18.9. The molecule has 2 N–H and O–H groups in total. The maximum absolute atomic E-state index is 12.7. The molecule has 1 aromatic heterocycles. The van der Waals surface area contributed by atoms with Gasteiger partial charge in [0.15, 0.2) is 0 Å².